The third-order valence-corrected chi connectivity index (χ3v) is 7.16. The fourth-order valence-corrected chi connectivity index (χ4v) is 4.95. The van der Waals surface area contributed by atoms with Crippen molar-refractivity contribution in [2.24, 2.45) is 0 Å². The zero-order chi connectivity index (χ0) is 21.0. The van der Waals surface area contributed by atoms with Crippen molar-refractivity contribution in [1.29, 1.82) is 0 Å². The molecule has 1 saturated heterocycles. The highest BCUT2D eigenvalue weighted by molar-refractivity contribution is 9.10. The Kier molecular flexibility index (Phi) is 6.71. The maximum Gasteiger partial charge on any atom is 0.317 e. The van der Waals surface area contributed by atoms with Crippen LogP contribution in [0.25, 0.3) is 0 Å². The van der Waals surface area contributed by atoms with Gasteiger partial charge < -0.3 is 10.2 Å². The molecule has 0 aromatic heterocycles. The normalized spacial score (nSPS) is 15.2. The van der Waals surface area contributed by atoms with Gasteiger partial charge >= 0.3 is 6.03 Å². The highest BCUT2D eigenvalue weighted by Gasteiger charge is 2.30. The summed E-state index contributed by atoms with van der Waals surface area (Å²) in [6.45, 7) is 2.91. The first-order valence-corrected chi connectivity index (χ1v) is 11.4. The van der Waals surface area contributed by atoms with Gasteiger partial charge in [0, 0.05) is 42.8 Å². The van der Waals surface area contributed by atoms with Gasteiger partial charge in [0.05, 0.1) is 4.90 Å². The zero-order valence-electron chi connectivity index (χ0n) is 16.0. The molecule has 0 bridgehead atoms. The molecule has 29 heavy (non-hydrogen) atoms. The maximum atomic E-state index is 12.8. The molecule has 9 heteroatoms. The Hall–Kier alpha value is -2.23. The number of sulfonamides is 1. The Labute approximate surface area is 178 Å². The number of carbonyl (C=O) groups excluding carboxylic acids is 2. The number of benzene rings is 2. The van der Waals surface area contributed by atoms with Crippen LogP contribution in [0.3, 0.4) is 0 Å². The molecule has 0 saturated carbocycles. The zero-order valence-corrected chi connectivity index (χ0v) is 18.4. The molecule has 7 nitrogen and oxygen atoms in total. The summed E-state index contributed by atoms with van der Waals surface area (Å²) in [4.78, 5) is 25.5. The smallest absolute Gasteiger partial charge is 0.317 e. The van der Waals surface area contributed by atoms with Crippen molar-refractivity contribution in [3.63, 3.8) is 0 Å². The Morgan fingerprint density at radius 3 is 2.28 bits per heavy atom. The molecule has 0 aliphatic carbocycles. The van der Waals surface area contributed by atoms with Crippen molar-refractivity contribution in [3.8, 4) is 0 Å². The lowest BCUT2D eigenvalue weighted by atomic mass is 10.2. The number of carbonyl (C=O) groups is 2. The SMILES string of the molecule is CC(=O)c1ccc(S(=O)(=O)N2CCN(C(=O)NCc3cccc(Br)c3)CC2)cc1. The molecule has 1 aliphatic rings. The van der Waals surface area contributed by atoms with Crippen LogP contribution in [0.15, 0.2) is 57.9 Å². The minimum atomic E-state index is -3.66. The van der Waals surface area contributed by atoms with Crippen molar-refractivity contribution in [1.82, 2.24) is 14.5 Å². The predicted molar refractivity (Wildman–Crippen MR) is 113 cm³/mol. The summed E-state index contributed by atoms with van der Waals surface area (Å²) in [6, 6.07) is 13.4. The van der Waals surface area contributed by atoms with E-state index in [4.69, 9.17) is 0 Å². The van der Waals surface area contributed by atoms with Crippen LogP contribution in [0, 0.1) is 0 Å². The quantitative estimate of drug-likeness (QED) is 0.667. The molecule has 3 rings (SSSR count). The van der Waals surface area contributed by atoms with Gasteiger partial charge in [-0.2, -0.15) is 4.31 Å². The van der Waals surface area contributed by atoms with Crippen molar-refractivity contribution >= 4 is 37.8 Å². The van der Waals surface area contributed by atoms with Crippen LogP contribution >= 0.6 is 15.9 Å². The molecule has 1 fully saturated rings. The summed E-state index contributed by atoms with van der Waals surface area (Å²) in [5, 5.41) is 2.86. The van der Waals surface area contributed by atoms with E-state index in [1.807, 2.05) is 24.3 Å². The van der Waals surface area contributed by atoms with Crippen LogP contribution < -0.4 is 5.32 Å². The Morgan fingerprint density at radius 1 is 1.03 bits per heavy atom. The van der Waals surface area contributed by atoms with Gasteiger partial charge in [0.15, 0.2) is 5.78 Å². The van der Waals surface area contributed by atoms with E-state index in [0.717, 1.165) is 10.0 Å². The number of halogens is 1. The third kappa shape index (κ3) is 5.23. The number of amides is 2. The van der Waals surface area contributed by atoms with Crippen molar-refractivity contribution in [2.75, 3.05) is 26.2 Å². The van der Waals surface area contributed by atoms with E-state index >= 15 is 0 Å². The van der Waals surface area contributed by atoms with Gasteiger partial charge in [0.1, 0.15) is 0 Å². The van der Waals surface area contributed by atoms with Gasteiger partial charge in [0.25, 0.3) is 0 Å². The Balaban J connectivity index is 1.56. The molecule has 1 N–H and O–H groups in total. The van der Waals surface area contributed by atoms with Crippen LogP contribution in [0.2, 0.25) is 0 Å². The molecule has 2 amide bonds. The lowest BCUT2D eigenvalue weighted by Crippen LogP contribution is -2.52. The largest absolute Gasteiger partial charge is 0.334 e. The molecule has 2 aromatic carbocycles. The minimum absolute atomic E-state index is 0.114. The average molecular weight is 480 g/mol. The number of urea groups is 1. The molecule has 0 atom stereocenters. The third-order valence-electron chi connectivity index (χ3n) is 4.76. The topological polar surface area (TPSA) is 86.8 Å². The number of hydrogen-bond donors (Lipinski definition) is 1. The number of ketones is 1. The summed E-state index contributed by atoms with van der Waals surface area (Å²) in [5.41, 5.74) is 1.44. The second-order valence-electron chi connectivity index (χ2n) is 6.76. The molecular weight excluding hydrogens is 458 g/mol. The summed E-state index contributed by atoms with van der Waals surface area (Å²) in [6.07, 6.45) is 0. The minimum Gasteiger partial charge on any atom is -0.334 e. The standard InChI is InChI=1S/C20H22BrN3O4S/c1-15(25)17-5-7-19(8-6-17)29(27,28)24-11-9-23(10-12-24)20(26)22-14-16-3-2-4-18(21)13-16/h2-8,13H,9-12,14H2,1H3,(H,22,26). The molecule has 0 radical (unpaired) electrons. The summed E-state index contributed by atoms with van der Waals surface area (Å²) < 4.78 is 27.9. The highest BCUT2D eigenvalue weighted by Crippen LogP contribution is 2.19. The number of nitrogens with zero attached hydrogens (tertiary/aromatic N) is 2. The van der Waals surface area contributed by atoms with Crippen molar-refractivity contribution in [2.45, 2.75) is 18.4 Å². The van der Waals surface area contributed by atoms with Gasteiger partial charge in [0.2, 0.25) is 10.0 Å². The molecule has 1 heterocycles. The molecule has 0 spiro atoms. The highest BCUT2D eigenvalue weighted by atomic mass is 79.9. The number of Topliss-reactive ketones (excluding diaryl/α,β-unsaturated/α-hetero) is 1. The van der Waals surface area contributed by atoms with E-state index in [2.05, 4.69) is 21.2 Å². The molecule has 2 aromatic rings. The monoisotopic (exact) mass is 479 g/mol. The Morgan fingerprint density at radius 2 is 1.69 bits per heavy atom. The Bertz CT molecular complexity index is 1000. The van der Waals surface area contributed by atoms with E-state index in [0.29, 0.717) is 25.2 Å². The predicted octanol–water partition coefficient (Wildman–Crippen LogP) is 2.87. The number of hydrogen-bond acceptors (Lipinski definition) is 4. The first-order valence-electron chi connectivity index (χ1n) is 9.16. The fraction of sp³-hybridized carbons (Fsp3) is 0.300. The van der Waals surface area contributed by atoms with Gasteiger partial charge in [-0.1, -0.05) is 40.2 Å². The van der Waals surface area contributed by atoms with Gasteiger partial charge in [-0.05, 0) is 36.8 Å². The summed E-state index contributed by atoms with van der Waals surface area (Å²) in [7, 11) is -3.66. The van der Waals surface area contributed by atoms with E-state index in [9.17, 15) is 18.0 Å². The van der Waals surface area contributed by atoms with Crippen LogP contribution in [0.5, 0.6) is 0 Å². The first-order chi connectivity index (χ1) is 13.8. The van der Waals surface area contributed by atoms with Crippen molar-refractivity contribution < 1.29 is 18.0 Å². The van der Waals surface area contributed by atoms with E-state index in [1.54, 1.807) is 4.90 Å². The van der Waals surface area contributed by atoms with Crippen LogP contribution in [-0.4, -0.2) is 55.6 Å². The van der Waals surface area contributed by atoms with Crippen LogP contribution in [0.4, 0.5) is 4.79 Å². The lowest BCUT2D eigenvalue weighted by Gasteiger charge is -2.34. The molecule has 0 unspecified atom stereocenters. The van der Waals surface area contributed by atoms with E-state index in [-0.39, 0.29) is 29.8 Å². The average Bonchev–Trinajstić information content (AvgIpc) is 2.72. The summed E-state index contributed by atoms with van der Waals surface area (Å²) in [5.74, 6) is -0.114. The van der Waals surface area contributed by atoms with Gasteiger partial charge in [-0.25, -0.2) is 13.2 Å². The first kappa shape index (κ1) is 21.5. The van der Waals surface area contributed by atoms with Crippen LogP contribution in [0.1, 0.15) is 22.8 Å². The molecular formula is C20H22BrN3O4S. The van der Waals surface area contributed by atoms with Gasteiger partial charge in [-0.15, -0.1) is 0 Å². The van der Waals surface area contributed by atoms with Gasteiger partial charge in [-0.3, -0.25) is 4.79 Å². The number of rotatable bonds is 5. The van der Waals surface area contributed by atoms with E-state index < -0.39 is 10.0 Å². The fourth-order valence-electron chi connectivity index (χ4n) is 3.08. The number of nitrogens with one attached hydrogen (secondary N) is 1. The maximum absolute atomic E-state index is 12.8. The second-order valence-corrected chi connectivity index (χ2v) is 9.61. The number of piperazine rings is 1. The van der Waals surface area contributed by atoms with E-state index in [1.165, 1.54) is 35.5 Å². The summed E-state index contributed by atoms with van der Waals surface area (Å²) >= 11 is 3.40. The van der Waals surface area contributed by atoms with Crippen molar-refractivity contribution in [3.05, 3.63) is 64.1 Å². The molecule has 154 valence electrons. The second kappa shape index (κ2) is 9.06. The van der Waals surface area contributed by atoms with Crippen LogP contribution in [-0.2, 0) is 16.6 Å². The lowest BCUT2D eigenvalue weighted by molar-refractivity contribution is 0.101. The molecule has 1 aliphatic heterocycles.